The third-order valence-corrected chi connectivity index (χ3v) is 7.07. The minimum Gasteiger partial charge on any atom is -0.475 e. The zero-order valence-electron chi connectivity index (χ0n) is 20.2. The Balaban J connectivity index is 0.000000392. The van der Waals surface area contributed by atoms with Gasteiger partial charge in [-0.15, -0.1) is 0 Å². The highest BCUT2D eigenvalue weighted by molar-refractivity contribution is 6.08. The molecule has 0 radical (unpaired) electrons. The summed E-state index contributed by atoms with van der Waals surface area (Å²) in [6.07, 6.45) is -1.09. The van der Waals surface area contributed by atoms with E-state index in [9.17, 15) is 31.1 Å². The number of rotatable bonds is 3. The Morgan fingerprint density at radius 3 is 2.26 bits per heavy atom. The monoisotopic (exact) mass is 560 g/mol. The van der Waals surface area contributed by atoms with Gasteiger partial charge in [0.25, 0.3) is 5.91 Å². The molecule has 8 heterocycles. The van der Waals surface area contributed by atoms with E-state index in [1.165, 1.54) is 17.8 Å². The number of carboxylic acids is 1. The molecule has 17 heteroatoms. The molecule has 4 bridgehead atoms. The number of nitrogens with zero attached hydrogens (tertiary/aromatic N) is 6. The lowest BCUT2D eigenvalue weighted by atomic mass is 9.73. The number of amides is 1. The minimum absolute atomic E-state index is 0.106. The van der Waals surface area contributed by atoms with Crippen LogP contribution in [0.5, 0.6) is 0 Å². The van der Waals surface area contributed by atoms with Crippen LogP contribution in [-0.4, -0.2) is 71.7 Å². The zero-order valence-corrected chi connectivity index (χ0v) is 20.2. The van der Waals surface area contributed by atoms with Crippen LogP contribution >= 0.6 is 0 Å². The van der Waals surface area contributed by atoms with Crippen molar-refractivity contribution in [3.05, 3.63) is 35.9 Å². The van der Waals surface area contributed by atoms with Crippen LogP contribution in [0.3, 0.4) is 0 Å². The van der Waals surface area contributed by atoms with Gasteiger partial charge in [-0.25, -0.2) is 14.3 Å². The zero-order chi connectivity index (χ0) is 28.3. The Hall–Kier alpha value is -3.89. The van der Waals surface area contributed by atoms with E-state index in [1.54, 1.807) is 6.20 Å². The molecule has 0 aromatic carbocycles. The van der Waals surface area contributed by atoms with Gasteiger partial charge in [0.1, 0.15) is 11.4 Å². The van der Waals surface area contributed by atoms with E-state index < -0.39 is 35.6 Å². The maximum absolute atomic E-state index is 13.2. The SMILES string of the molecule is Cn1cc(NC(=O)c2cnn3ccc(N4C5CCC6NC5CCC64)nc23)c(C(F)(F)F)n1.O=C(O)C(F)(F)F. The predicted octanol–water partition coefficient (Wildman–Crippen LogP) is 2.84. The number of aromatic nitrogens is 5. The Morgan fingerprint density at radius 2 is 1.69 bits per heavy atom. The maximum Gasteiger partial charge on any atom is 0.490 e. The second-order valence-electron chi connectivity index (χ2n) is 9.51. The number of alkyl halides is 6. The molecule has 8 rings (SSSR count). The molecule has 5 aliphatic heterocycles. The van der Waals surface area contributed by atoms with Crippen LogP contribution < -0.4 is 15.5 Å². The van der Waals surface area contributed by atoms with E-state index in [4.69, 9.17) is 14.9 Å². The lowest BCUT2D eigenvalue weighted by Gasteiger charge is -2.60. The highest BCUT2D eigenvalue weighted by Gasteiger charge is 2.50. The number of aryl methyl sites for hydroxylation is 1. The highest BCUT2D eigenvalue weighted by Crippen LogP contribution is 2.42. The van der Waals surface area contributed by atoms with Crippen LogP contribution in [0.15, 0.2) is 24.7 Å². The lowest BCUT2D eigenvalue weighted by molar-refractivity contribution is -0.192. The number of anilines is 2. The van der Waals surface area contributed by atoms with Crippen molar-refractivity contribution in [2.75, 3.05) is 10.2 Å². The van der Waals surface area contributed by atoms with E-state index in [0.29, 0.717) is 29.8 Å². The third-order valence-electron chi connectivity index (χ3n) is 7.07. The number of carbonyl (C=O) groups is 2. The number of hydrogen-bond donors (Lipinski definition) is 3. The number of carboxylic acid groups (broad SMARTS) is 1. The molecule has 5 saturated heterocycles. The van der Waals surface area contributed by atoms with Crippen molar-refractivity contribution < 1.29 is 41.0 Å². The molecule has 0 aliphatic carbocycles. The average Bonchev–Trinajstić information content (AvgIpc) is 3.46. The van der Waals surface area contributed by atoms with Crippen LogP contribution in [0.25, 0.3) is 5.65 Å². The van der Waals surface area contributed by atoms with Crippen LogP contribution in [0.2, 0.25) is 0 Å². The molecule has 1 amide bonds. The number of piperidine rings is 4. The fourth-order valence-corrected chi connectivity index (χ4v) is 5.55. The number of piperazine rings is 1. The molecule has 0 spiro atoms. The summed E-state index contributed by atoms with van der Waals surface area (Å²) in [6.45, 7) is 0. The first-order valence-corrected chi connectivity index (χ1v) is 11.8. The summed E-state index contributed by atoms with van der Waals surface area (Å²) in [5, 5.41) is 20.7. The fourth-order valence-electron chi connectivity index (χ4n) is 5.55. The Labute approximate surface area is 215 Å². The second-order valence-corrected chi connectivity index (χ2v) is 9.51. The third kappa shape index (κ3) is 4.97. The van der Waals surface area contributed by atoms with Gasteiger partial charge in [-0.1, -0.05) is 0 Å². The molecule has 4 atom stereocenters. The van der Waals surface area contributed by atoms with E-state index in [1.807, 2.05) is 6.07 Å². The van der Waals surface area contributed by atoms with Crippen molar-refractivity contribution in [1.82, 2.24) is 29.7 Å². The van der Waals surface area contributed by atoms with Gasteiger partial charge in [0.05, 0.1) is 11.9 Å². The molecule has 5 aliphatic rings. The van der Waals surface area contributed by atoms with E-state index >= 15 is 0 Å². The van der Waals surface area contributed by atoms with Crippen molar-refractivity contribution in [3.63, 3.8) is 0 Å². The topological polar surface area (TPSA) is 130 Å². The smallest absolute Gasteiger partial charge is 0.475 e. The minimum atomic E-state index is -5.08. The van der Waals surface area contributed by atoms with Gasteiger partial charge in [0, 0.05) is 43.6 Å². The number of halogens is 6. The van der Waals surface area contributed by atoms with Crippen molar-refractivity contribution in [3.8, 4) is 0 Å². The summed E-state index contributed by atoms with van der Waals surface area (Å²) in [5.41, 5.74) is -1.14. The largest absolute Gasteiger partial charge is 0.490 e. The molecule has 11 nitrogen and oxygen atoms in total. The van der Waals surface area contributed by atoms with Gasteiger partial charge in [0.2, 0.25) is 0 Å². The van der Waals surface area contributed by atoms with Gasteiger partial charge in [-0.05, 0) is 31.7 Å². The van der Waals surface area contributed by atoms with Crippen LogP contribution in [-0.2, 0) is 18.0 Å². The Bertz CT molecular complexity index is 1400. The van der Waals surface area contributed by atoms with Crippen molar-refractivity contribution in [1.29, 1.82) is 0 Å². The molecule has 0 saturated carbocycles. The summed E-state index contributed by atoms with van der Waals surface area (Å²) >= 11 is 0. The quantitative estimate of drug-likeness (QED) is 0.417. The van der Waals surface area contributed by atoms with E-state index in [2.05, 4.69) is 25.7 Å². The fraction of sp³-hybridized carbons (Fsp3) is 0.500. The van der Waals surface area contributed by atoms with Gasteiger partial charge < -0.3 is 20.6 Å². The summed E-state index contributed by atoms with van der Waals surface area (Å²) in [5.74, 6) is -2.70. The summed E-state index contributed by atoms with van der Waals surface area (Å²) in [7, 11) is 1.36. The first kappa shape index (κ1) is 26.7. The molecule has 39 heavy (non-hydrogen) atoms. The molecule has 4 unspecified atom stereocenters. The molecule has 210 valence electrons. The van der Waals surface area contributed by atoms with Crippen LogP contribution in [0, 0.1) is 0 Å². The molecular formula is C22H22F6N8O3. The van der Waals surface area contributed by atoms with Gasteiger partial charge in [-0.3, -0.25) is 9.48 Å². The van der Waals surface area contributed by atoms with Gasteiger partial charge in [-0.2, -0.15) is 36.5 Å². The number of nitrogens with one attached hydrogen (secondary N) is 2. The van der Waals surface area contributed by atoms with Crippen molar-refractivity contribution >= 4 is 29.0 Å². The Kier molecular flexibility index (Phi) is 6.43. The summed E-state index contributed by atoms with van der Waals surface area (Å²) in [4.78, 5) is 28.9. The standard InChI is InChI=1S/C20H21F3N8O.C2HF3O2/c1-29-9-13(17(28-29)20(21,22)23)26-19(32)10-8-24-30-7-6-16(27-18(10)30)31-14-4-2-11-15(31)5-3-12(14)25-11;3-2(4,5)1(6)7/h6-9,11-12,14-15,25H,2-5H2,1H3,(H,26,32);(H,6,7). The maximum atomic E-state index is 13.2. The van der Waals surface area contributed by atoms with E-state index in [0.717, 1.165) is 42.4 Å². The molecular weight excluding hydrogens is 538 g/mol. The van der Waals surface area contributed by atoms with Gasteiger partial charge in [0.15, 0.2) is 11.3 Å². The normalized spacial score (nSPS) is 24.0. The lowest BCUT2D eigenvalue weighted by Crippen LogP contribution is -2.74. The number of fused-ring (bicyclic) bond motifs is 3. The summed E-state index contributed by atoms with van der Waals surface area (Å²) in [6, 6.07) is 3.49. The average molecular weight is 560 g/mol. The number of hydrogen-bond acceptors (Lipinski definition) is 7. The summed E-state index contributed by atoms with van der Waals surface area (Å²) < 4.78 is 74.0. The van der Waals surface area contributed by atoms with Crippen molar-refractivity contribution in [2.24, 2.45) is 7.05 Å². The molecule has 3 aromatic heterocycles. The number of aliphatic carboxylic acids is 1. The van der Waals surface area contributed by atoms with Crippen molar-refractivity contribution in [2.45, 2.75) is 62.2 Å². The first-order chi connectivity index (χ1) is 18.2. The predicted molar refractivity (Wildman–Crippen MR) is 122 cm³/mol. The Morgan fingerprint density at radius 1 is 1.08 bits per heavy atom. The molecule has 5 fully saturated rings. The van der Waals surface area contributed by atoms with Crippen LogP contribution in [0.4, 0.5) is 37.8 Å². The molecule has 3 N–H and O–H groups in total. The first-order valence-electron chi connectivity index (χ1n) is 11.8. The second kappa shape index (κ2) is 9.39. The van der Waals surface area contributed by atoms with Gasteiger partial charge >= 0.3 is 18.3 Å². The highest BCUT2D eigenvalue weighted by atomic mass is 19.4. The van der Waals surface area contributed by atoms with E-state index in [-0.39, 0.29) is 5.56 Å². The number of carbonyl (C=O) groups excluding carboxylic acids is 1. The van der Waals surface area contributed by atoms with Crippen LogP contribution in [0.1, 0.15) is 41.7 Å². The molecule has 3 aromatic rings.